The van der Waals surface area contributed by atoms with Gasteiger partial charge in [0.25, 0.3) is 0 Å². The van der Waals surface area contributed by atoms with Crippen molar-refractivity contribution in [3.05, 3.63) is 28.7 Å². The minimum absolute atomic E-state index is 0.0650. The highest BCUT2D eigenvalue weighted by molar-refractivity contribution is 7.09. The van der Waals surface area contributed by atoms with E-state index in [0.717, 1.165) is 36.4 Å². The number of carbonyl (C=O) groups excluding carboxylic acids is 1. The van der Waals surface area contributed by atoms with Crippen molar-refractivity contribution in [2.45, 2.75) is 64.0 Å². The van der Waals surface area contributed by atoms with Gasteiger partial charge in [0.05, 0.1) is 12.1 Å². The normalized spacial score (nSPS) is 17.6. The molecule has 1 aliphatic rings. The minimum atomic E-state index is -0.283. The van der Waals surface area contributed by atoms with E-state index < -0.39 is 0 Å². The van der Waals surface area contributed by atoms with Gasteiger partial charge >= 0.3 is 0 Å². The summed E-state index contributed by atoms with van der Waals surface area (Å²) >= 11 is 1.67. The number of aromatic nitrogens is 4. The largest absolute Gasteiger partial charge is 0.344 e. The molecule has 0 unspecified atom stereocenters. The molecule has 23 heavy (non-hydrogen) atoms. The number of nitrogens with zero attached hydrogens (tertiary/aromatic N) is 4. The van der Waals surface area contributed by atoms with E-state index in [1.54, 1.807) is 22.3 Å². The van der Waals surface area contributed by atoms with E-state index in [4.69, 9.17) is 0 Å². The van der Waals surface area contributed by atoms with Crippen LogP contribution in [-0.4, -0.2) is 25.7 Å². The van der Waals surface area contributed by atoms with E-state index in [0.29, 0.717) is 13.0 Å². The summed E-state index contributed by atoms with van der Waals surface area (Å²) in [5.74, 6) is 0.0650. The molecular formula is C16H23N5OS. The second-order valence-corrected chi connectivity index (χ2v) is 7.11. The summed E-state index contributed by atoms with van der Waals surface area (Å²) in [4.78, 5) is 21.1. The summed E-state index contributed by atoms with van der Waals surface area (Å²) < 4.78 is 1.69. The van der Waals surface area contributed by atoms with Gasteiger partial charge in [0.1, 0.15) is 17.7 Å². The smallest absolute Gasteiger partial charge is 0.222 e. The summed E-state index contributed by atoms with van der Waals surface area (Å²) in [5.41, 5.74) is 0.750. The number of aryl methyl sites for hydroxylation is 2. The number of hydrogen-bond donors (Lipinski definition) is 1. The molecule has 1 fully saturated rings. The lowest BCUT2D eigenvalue weighted by Gasteiger charge is -2.32. The third kappa shape index (κ3) is 3.96. The summed E-state index contributed by atoms with van der Waals surface area (Å²) in [7, 11) is 0. The monoisotopic (exact) mass is 333 g/mol. The number of carbonyl (C=O) groups is 1. The Bertz CT molecular complexity index is 629. The molecule has 2 aromatic heterocycles. The van der Waals surface area contributed by atoms with E-state index in [1.807, 2.05) is 6.92 Å². The number of amides is 1. The lowest BCUT2D eigenvalue weighted by atomic mass is 9.90. The molecule has 1 aliphatic carbocycles. The molecule has 7 heteroatoms. The van der Waals surface area contributed by atoms with Crippen LogP contribution in [0, 0.1) is 6.92 Å². The summed E-state index contributed by atoms with van der Waals surface area (Å²) in [6.07, 6.45) is 10.3. The first-order chi connectivity index (χ1) is 11.2. The Labute approximate surface area is 140 Å². The van der Waals surface area contributed by atoms with Gasteiger partial charge in [-0.3, -0.25) is 9.48 Å². The summed E-state index contributed by atoms with van der Waals surface area (Å²) in [6, 6.07) is 0. The van der Waals surface area contributed by atoms with Gasteiger partial charge in [-0.15, -0.1) is 11.3 Å². The van der Waals surface area contributed by atoms with Gasteiger partial charge in [-0.25, -0.2) is 9.97 Å². The average molecular weight is 333 g/mol. The second kappa shape index (κ2) is 7.21. The van der Waals surface area contributed by atoms with E-state index in [2.05, 4.69) is 25.8 Å². The molecule has 0 aromatic carbocycles. The number of thiazole rings is 1. The molecule has 2 aromatic rings. The Morgan fingerprint density at radius 3 is 2.74 bits per heavy atom. The summed E-state index contributed by atoms with van der Waals surface area (Å²) in [6.45, 7) is 2.57. The van der Waals surface area contributed by atoms with Gasteiger partial charge in [0.15, 0.2) is 0 Å². The van der Waals surface area contributed by atoms with Crippen molar-refractivity contribution in [2.24, 2.45) is 0 Å². The van der Waals surface area contributed by atoms with Crippen molar-refractivity contribution in [1.82, 2.24) is 25.1 Å². The van der Waals surface area contributed by atoms with Crippen LogP contribution in [0.2, 0.25) is 0 Å². The summed E-state index contributed by atoms with van der Waals surface area (Å²) in [5, 5.41) is 10.5. The van der Waals surface area contributed by atoms with Crippen LogP contribution in [0.3, 0.4) is 0 Å². The number of hydrogen-bond acceptors (Lipinski definition) is 5. The van der Waals surface area contributed by atoms with Gasteiger partial charge in [-0.05, 0) is 19.8 Å². The standard InChI is InChI=1S/C16H23N5OS/c1-13-10-23-15(19-13)16(7-4-2-3-5-8-16)20-14(22)6-9-21-12-17-11-18-21/h10-12H,2-9H2,1H3,(H,20,22). The van der Waals surface area contributed by atoms with Crippen molar-refractivity contribution < 1.29 is 4.79 Å². The molecular weight excluding hydrogens is 310 g/mol. The fourth-order valence-corrected chi connectivity index (χ4v) is 4.20. The molecule has 124 valence electrons. The molecule has 0 atom stereocenters. The van der Waals surface area contributed by atoms with Crippen LogP contribution in [0.5, 0.6) is 0 Å². The topological polar surface area (TPSA) is 72.7 Å². The number of rotatable bonds is 5. The molecule has 0 spiro atoms. The zero-order valence-electron chi connectivity index (χ0n) is 13.5. The predicted molar refractivity (Wildman–Crippen MR) is 89.0 cm³/mol. The van der Waals surface area contributed by atoms with Crippen molar-refractivity contribution in [1.29, 1.82) is 0 Å². The van der Waals surface area contributed by atoms with Crippen LogP contribution in [0.15, 0.2) is 18.0 Å². The third-order valence-corrected chi connectivity index (χ3v) is 5.56. The minimum Gasteiger partial charge on any atom is -0.344 e. The Morgan fingerprint density at radius 2 is 2.13 bits per heavy atom. The van der Waals surface area contributed by atoms with Gasteiger partial charge < -0.3 is 5.32 Å². The highest BCUT2D eigenvalue weighted by atomic mass is 32.1. The zero-order chi connectivity index (χ0) is 16.1. The van der Waals surface area contributed by atoms with Crippen molar-refractivity contribution >= 4 is 17.2 Å². The van der Waals surface area contributed by atoms with Gasteiger partial charge in [-0.2, -0.15) is 5.10 Å². The van der Waals surface area contributed by atoms with Crippen molar-refractivity contribution in [3.63, 3.8) is 0 Å². The first-order valence-corrected chi connectivity index (χ1v) is 9.12. The van der Waals surface area contributed by atoms with Crippen LogP contribution >= 0.6 is 11.3 Å². The predicted octanol–water partition coefficient (Wildman–Crippen LogP) is 2.80. The van der Waals surface area contributed by atoms with Crippen LogP contribution in [0.25, 0.3) is 0 Å². The molecule has 3 rings (SSSR count). The van der Waals surface area contributed by atoms with Crippen LogP contribution in [0.1, 0.15) is 55.6 Å². The van der Waals surface area contributed by atoms with Gasteiger partial charge in [0.2, 0.25) is 5.91 Å². The van der Waals surface area contributed by atoms with Crippen molar-refractivity contribution in [3.8, 4) is 0 Å². The molecule has 0 bridgehead atoms. The molecule has 1 N–H and O–H groups in total. The quantitative estimate of drug-likeness (QED) is 0.854. The maximum Gasteiger partial charge on any atom is 0.222 e. The molecule has 2 heterocycles. The van der Waals surface area contributed by atoms with Gasteiger partial charge in [0, 0.05) is 17.5 Å². The molecule has 0 radical (unpaired) electrons. The van der Waals surface area contributed by atoms with Crippen molar-refractivity contribution in [2.75, 3.05) is 0 Å². The Morgan fingerprint density at radius 1 is 1.35 bits per heavy atom. The lowest BCUT2D eigenvalue weighted by Crippen LogP contribution is -2.45. The fraction of sp³-hybridized carbons (Fsp3) is 0.625. The molecule has 1 amide bonds. The first-order valence-electron chi connectivity index (χ1n) is 8.24. The zero-order valence-corrected chi connectivity index (χ0v) is 14.3. The lowest BCUT2D eigenvalue weighted by molar-refractivity contribution is -0.123. The van der Waals surface area contributed by atoms with E-state index in [9.17, 15) is 4.79 Å². The maximum atomic E-state index is 12.5. The third-order valence-electron chi connectivity index (χ3n) is 4.40. The molecule has 0 aliphatic heterocycles. The maximum absolute atomic E-state index is 12.5. The van der Waals surface area contributed by atoms with Crippen LogP contribution in [0.4, 0.5) is 0 Å². The van der Waals surface area contributed by atoms with Gasteiger partial charge in [-0.1, -0.05) is 25.7 Å². The Kier molecular flexibility index (Phi) is 5.05. The fourth-order valence-electron chi connectivity index (χ4n) is 3.19. The highest BCUT2D eigenvalue weighted by Gasteiger charge is 2.36. The SMILES string of the molecule is Cc1csc(C2(NC(=O)CCn3cncn3)CCCCCC2)n1. The number of nitrogens with one attached hydrogen (secondary N) is 1. The molecule has 6 nitrogen and oxygen atoms in total. The second-order valence-electron chi connectivity index (χ2n) is 6.25. The molecule has 1 saturated carbocycles. The van der Waals surface area contributed by atoms with Crippen LogP contribution < -0.4 is 5.32 Å². The Hall–Kier alpha value is -1.76. The van der Waals surface area contributed by atoms with E-state index in [1.165, 1.54) is 19.2 Å². The highest BCUT2D eigenvalue weighted by Crippen LogP contribution is 2.37. The van der Waals surface area contributed by atoms with E-state index in [-0.39, 0.29) is 11.4 Å². The molecule has 0 saturated heterocycles. The van der Waals surface area contributed by atoms with E-state index >= 15 is 0 Å². The Balaban J connectivity index is 1.71. The van der Waals surface area contributed by atoms with Crippen LogP contribution in [-0.2, 0) is 16.9 Å². The first kappa shape index (κ1) is 16.1. The average Bonchev–Trinajstić information content (AvgIpc) is 3.15.